The van der Waals surface area contributed by atoms with E-state index in [1.165, 1.54) is 0 Å². The highest BCUT2D eigenvalue weighted by atomic mass is 79.9. The van der Waals surface area contributed by atoms with E-state index >= 15 is 0 Å². The molecule has 2 rings (SSSR count). The maximum atomic E-state index is 4.49. The zero-order valence-electron chi connectivity index (χ0n) is 10.4. The molecule has 2 heterocycles. The quantitative estimate of drug-likeness (QED) is 0.940. The van der Waals surface area contributed by atoms with Gasteiger partial charge < -0.3 is 5.32 Å². The lowest BCUT2D eigenvalue weighted by atomic mass is 10.3. The first-order valence-corrected chi connectivity index (χ1v) is 6.70. The summed E-state index contributed by atoms with van der Waals surface area (Å²) in [5, 5.41) is 3.26. The van der Waals surface area contributed by atoms with Crippen LogP contribution < -0.4 is 5.32 Å². The highest BCUT2D eigenvalue weighted by Crippen LogP contribution is 2.22. The molecule has 0 radical (unpaired) electrons. The average molecular weight is 307 g/mol. The van der Waals surface area contributed by atoms with Gasteiger partial charge in [0.15, 0.2) is 5.82 Å². The molecule has 0 unspecified atom stereocenters. The fourth-order valence-electron chi connectivity index (χ4n) is 1.53. The monoisotopic (exact) mass is 306 g/mol. The molecule has 1 N–H and O–H groups in total. The van der Waals surface area contributed by atoms with Crippen molar-refractivity contribution >= 4 is 21.7 Å². The molecule has 2 aromatic heterocycles. The van der Waals surface area contributed by atoms with Crippen LogP contribution in [-0.4, -0.2) is 21.5 Å². The molecular formula is C13H15BrN4. The molecule has 18 heavy (non-hydrogen) atoms. The lowest BCUT2D eigenvalue weighted by Crippen LogP contribution is -2.04. The lowest BCUT2D eigenvalue weighted by molar-refractivity contribution is 0.962. The van der Waals surface area contributed by atoms with E-state index in [1.54, 1.807) is 6.20 Å². The van der Waals surface area contributed by atoms with E-state index in [0.29, 0.717) is 5.82 Å². The third kappa shape index (κ3) is 3.04. The van der Waals surface area contributed by atoms with Crippen LogP contribution in [0.25, 0.3) is 11.5 Å². The summed E-state index contributed by atoms with van der Waals surface area (Å²) in [4.78, 5) is 13.2. The van der Waals surface area contributed by atoms with Crippen molar-refractivity contribution in [3.8, 4) is 11.5 Å². The van der Waals surface area contributed by atoms with Crippen LogP contribution in [0.15, 0.2) is 28.9 Å². The van der Waals surface area contributed by atoms with E-state index in [2.05, 4.69) is 43.1 Å². The largest absolute Gasteiger partial charge is 0.369 e. The van der Waals surface area contributed by atoms with E-state index in [-0.39, 0.29) is 0 Å². The minimum absolute atomic E-state index is 0.639. The Balaban J connectivity index is 2.34. The minimum atomic E-state index is 0.639. The third-order valence-corrected chi connectivity index (χ3v) is 2.98. The molecule has 0 atom stereocenters. The van der Waals surface area contributed by atoms with E-state index in [4.69, 9.17) is 0 Å². The molecular weight excluding hydrogens is 292 g/mol. The molecule has 0 aromatic carbocycles. The van der Waals surface area contributed by atoms with Crippen LogP contribution in [0.3, 0.4) is 0 Å². The van der Waals surface area contributed by atoms with Crippen LogP contribution in [0.4, 0.5) is 5.82 Å². The smallest absolute Gasteiger partial charge is 0.180 e. The molecule has 0 spiro atoms. The van der Waals surface area contributed by atoms with E-state index in [9.17, 15) is 0 Å². The highest BCUT2D eigenvalue weighted by molar-refractivity contribution is 9.10. The molecule has 0 fully saturated rings. The third-order valence-electron chi connectivity index (χ3n) is 2.40. The Morgan fingerprint density at radius 2 is 2.11 bits per heavy atom. The Bertz CT molecular complexity index is 542. The van der Waals surface area contributed by atoms with Gasteiger partial charge in [0.25, 0.3) is 0 Å². The van der Waals surface area contributed by atoms with Crippen molar-refractivity contribution in [1.82, 2.24) is 15.0 Å². The van der Waals surface area contributed by atoms with Gasteiger partial charge in [-0.1, -0.05) is 13.0 Å². The Morgan fingerprint density at radius 3 is 2.83 bits per heavy atom. The summed E-state index contributed by atoms with van der Waals surface area (Å²) < 4.78 is 0.868. The van der Waals surface area contributed by atoms with Gasteiger partial charge in [0.2, 0.25) is 0 Å². The molecule has 0 bridgehead atoms. The van der Waals surface area contributed by atoms with Crippen molar-refractivity contribution in [1.29, 1.82) is 0 Å². The molecule has 0 saturated carbocycles. The van der Waals surface area contributed by atoms with Crippen LogP contribution in [0.1, 0.15) is 19.0 Å². The summed E-state index contributed by atoms with van der Waals surface area (Å²) in [6.07, 6.45) is 2.80. The van der Waals surface area contributed by atoms with Gasteiger partial charge in [0.05, 0.1) is 4.47 Å². The molecule has 0 saturated heterocycles. The molecule has 4 nitrogen and oxygen atoms in total. The number of pyridine rings is 1. The second kappa shape index (κ2) is 5.91. The molecule has 0 aliphatic rings. The number of aryl methyl sites for hydroxylation is 1. The summed E-state index contributed by atoms with van der Waals surface area (Å²) in [5.41, 5.74) is 1.75. The van der Waals surface area contributed by atoms with Crippen LogP contribution in [-0.2, 0) is 0 Å². The van der Waals surface area contributed by atoms with Crippen LogP contribution >= 0.6 is 15.9 Å². The Hall–Kier alpha value is -1.49. The van der Waals surface area contributed by atoms with Gasteiger partial charge in [0, 0.05) is 18.4 Å². The summed E-state index contributed by atoms with van der Waals surface area (Å²) in [6, 6.07) is 5.83. The number of aromatic nitrogens is 3. The van der Waals surface area contributed by atoms with Gasteiger partial charge in [-0.05, 0) is 41.4 Å². The van der Waals surface area contributed by atoms with E-state index in [0.717, 1.165) is 34.6 Å². The first-order valence-electron chi connectivity index (χ1n) is 5.91. The fourth-order valence-corrected chi connectivity index (χ4v) is 1.86. The number of hydrogen-bond donors (Lipinski definition) is 1. The molecule has 2 aromatic rings. The number of nitrogens with zero attached hydrogens (tertiary/aromatic N) is 3. The first-order chi connectivity index (χ1) is 8.70. The van der Waals surface area contributed by atoms with E-state index in [1.807, 2.05) is 25.1 Å². The van der Waals surface area contributed by atoms with Crippen LogP contribution in [0.2, 0.25) is 0 Å². The van der Waals surface area contributed by atoms with Crippen LogP contribution in [0, 0.1) is 6.92 Å². The van der Waals surface area contributed by atoms with Crippen molar-refractivity contribution in [3.63, 3.8) is 0 Å². The number of anilines is 1. The molecule has 0 aliphatic heterocycles. The number of halogens is 1. The van der Waals surface area contributed by atoms with Crippen LogP contribution in [0.5, 0.6) is 0 Å². The summed E-state index contributed by atoms with van der Waals surface area (Å²) >= 11 is 3.44. The summed E-state index contributed by atoms with van der Waals surface area (Å²) in [6.45, 7) is 4.96. The zero-order valence-corrected chi connectivity index (χ0v) is 12.0. The molecule has 5 heteroatoms. The maximum absolute atomic E-state index is 4.49. The predicted molar refractivity (Wildman–Crippen MR) is 76.5 cm³/mol. The zero-order chi connectivity index (χ0) is 13.0. The van der Waals surface area contributed by atoms with Crippen molar-refractivity contribution in [3.05, 3.63) is 34.6 Å². The van der Waals surface area contributed by atoms with Gasteiger partial charge in [-0.25, -0.2) is 15.0 Å². The average Bonchev–Trinajstić information content (AvgIpc) is 2.38. The van der Waals surface area contributed by atoms with Crippen molar-refractivity contribution in [2.24, 2.45) is 0 Å². The van der Waals surface area contributed by atoms with Crippen molar-refractivity contribution in [2.75, 3.05) is 11.9 Å². The lowest BCUT2D eigenvalue weighted by Gasteiger charge is -2.08. The van der Waals surface area contributed by atoms with Crippen molar-refractivity contribution < 1.29 is 0 Å². The van der Waals surface area contributed by atoms with Gasteiger partial charge in [0.1, 0.15) is 11.5 Å². The number of hydrogen-bond acceptors (Lipinski definition) is 4. The standard InChI is InChI=1S/C13H15BrN4/c1-3-7-15-12-10(14)8-16-13(18-12)11-6-4-5-9(2)17-11/h4-6,8H,3,7H2,1-2H3,(H,15,16,18). The van der Waals surface area contributed by atoms with Gasteiger partial charge >= 0.3 is 0 Å². The van der Waals surface area contributed by atoms with E-state index < -0.39 is 0 Å². The number of rotatable bonds is 4. The Morgan fingerprint density at radius 1 is 1.28 bits per heavy atom. The first kappa shape index (κ1) is 13.0. The molecule has 94 valence electrons. The molecule has 0 amide bonds. The Labute approximate surface area is 115 Å². The summed E-state index contributed by atoms with van der Waals surface area (Å²) in [7, 11) is 0. The SMILES string of the molecule is CCCNc1nc(-c2cccc(C)n2)ncc1Br. The second-order valence-electron chi connectivity index (χ2n) is 3.98. The fraction of sp³-hybridized carbons (Fsp3) is 0.308. The maximum Gasteiger partial charge on any atom is 0.180 e. The van der Waals surface area contributed by atoms with Gasteiger partial charge in [-0.2, -0.15) is 0 Å². The summed E-state index contributed by atoms with van der Waals surface area (Å²) in [5.74, 6) is 1.45. The second-order valence-corrected chi connectivity index (χ2v) is 4.84. The predicted octanol–water partition coefficient (Wildman–Crippen LogP) is 3.43. The molecule has 0 aliphatic carbocycles. The normalized spacial score (nSPS) is 10.4. The van der Waals surface area contributed by atoms with Gasteiger partial charge in [-0.15, -0.1) is 0 Å². The Kier molecular flexibility index (Phi) is 4.25. The number of nitrogens with one attached hydrogen (secondary N) is 1. The van der Waals surface area contributed by atoms with Crippen molar-refractivity contribution in [2.45, 2.75) is 20.3 Å². The minimum Gasteiger partial charge on any atom is -0.369 e. The topological polar surface area (TPSA) is 50.7 Å². The highest BCUT2D eigenvalue weighted by Gasteiger charge is 2.07. The van der Waals surface area contributed by atoms with Gasteiger partial charge in [-0.3, -0.25) is 0 Å².